The van der Waals surface area contributed by atoms with Gasteiger partial charge in [-0.3, -0.25) is 4.98 Å². The van der Waals surface area contributed by atoms with Gasteiger partial charge in [0, 0.05) is 27.2 Å². The lowest BCUT2D eigenvalue weighted by atomic mass is 9.93. The molecule has 0 N–H and O–H groups in total. The van der Waals surface area contributed by atoms with Crippen LogP contribution in [0.25, 0.3) is 60.6 Å². The molecule has 3 heterocycles. The number of benzene rings is 8. The van der Waals surface area contributed by atoms with Crippen molar-refractivity contribution in [1.82, 2.24) is 9.55 Å². The molecule has 0 unspecified atom stereocenters. The van der Waals surface area contributed by atoms with E-state index in [1.54, 1.807) is 0 Å². The van der Waals surface area contributed by atoms with Crippen LogP contribution in [0, 0.1) is 0 Å². The molecule has 1 aliphatic rings. The molecule has 8 aromatic carbocycles. The molecule has 0 amide bonds. The van der Waals surface area contributed by atoms with Crippen molar-refractivity contribution in [1.29, 1.82) is 0 Å². The molecular weight excluding hydrogens is 721 g/mol. The van der Waals surface area contributed by atoms with E-state index >= 15 is 0 Å². The Balaban J connectivity index is 1.15. The standard InChI is InChI=1S/C54H36N2OSi/c1-3-18-37(19-4-1)58(38-20-5-2-6-21-38,51-32-16-29-47(55-51)52-43-26-9-7-23-40(43)41-24-8-10-27-44(41)52)39-22-15-17-36(35-39)56-48-30-13-11-25-42(48)45-33-34-50-53(54(45)56)46-28-12-14-31-49(46)57-50/h1-35,52H. The summed E-state index contributed by atoms with van der Waals surface area (Å²) in [6.07, 6.45) is 0. The summed E-state index contributed by atoms with van der Waals surface area (Å²) >= 11 is 0. The molecule has 0 saturated heterocycles. The molecule has 0 saturated carbocycles. The molecule has 11 aromatic rings. The molecule has 4 heteroatoms. The number of hydrogen-bond donors (Lipinski definition) is 0. The van der Waals surface area contributed by atoms with Crippen molar-refractivity contribution in [2.24, 2.45) is 0 Å². The Bertz CT molecular complexity index is 3280. The smallest absolute Gasteiger partial charge is 0.201 e. The molecule has 1 aliphatic carbocycles. The summed E-state index contributed by atoms with van der Waals surface area (Å²) in [6.45, 7) is 0. The minimum Gasteiger partial charge on any atom is -0.456 e. The monoisotopic (exact) mass is 756 g/mol. The van der Waals surface area contributed by atoms with Crippen LogP contribution in [0.3, 0.4) is 0 Å². The van der Waals surface area contributed by atoms with Gasteiger partial charge < -0.3 is 8.98 Å². The van der Waals surface area contributed by atoms with Crippen LogP contribution in [0.4, 0.5) is 0 Å². The predicted molar refractivity (Wildman–Crippen MR) is 242 cm³/mol. The lowest BCUT2D eigenvalue weighted by Gasteiger charge is -2.34. The van der Waals surface area contributed by atoms with Gasteiger partial charge in [0.25, 0.3) is 0 Å². The topological polar surface area (TPSA) is 31.0 Å². The van der Waals surface area contributed by atoms with Crippen molar-refractivity contribution in [2.75, 3.05) is 0 Å². The molecule has 12 rings (SSSR count). The fourth-order valence-electron chi connectivity index (χ4n) is 10.0. The van der Waals surface area contributed by atoms with E-state index in [-0.39, 0.29) is 5.92 Å². The summed E-state index contributed by atoms with van der Waals surface area (Å²) in [6, 6.07) is 77.6. The maximum Gasteiger partial charge on any atom is 0.201 e. The zero-order valence-electron chi connectivity index (χ0n) is 31.6. The number of fused-ring (bicyclic) bond motifs is 10. The lowest BCUT2D eigenvalue weighted by molar-refractivity contribution is 0.669. The summed E-state index contributed by atoms with van der Waals surface area (Å²) in [4.78, 5) is 5.86. The quantitative estimate of drug-likeness (QED) is 0.125. The lowest BCUT2D eigenvalue weighted by Crippen LogP contribution is -2.75. The second-order valence-electron chi connectivity index (χ2n) is 15.4. The summed E-state index contributed by atoms with van der Waals surface area (Å²) in [7, 11) is -3.07. The Morgan fingerprint density at radius 1 is 0.448 bits per heavy atom. The van der Waals surface area contributed by atoms with Gasteiger partial charge in [-0.25, -0.2) is 0 Å². The van der Waals surface area contributed by atoms with Gasteiger partial charge in [0.05, 0.1) is 28.0 Å². The van der Waals surface area contributed by atoms with E-state index in [2.05, 4.69) is 211 Å². The Hall–Kier alpha value is -7.27. The van der Waals surface area contributed by atoms with Crippen LogP contribution in [0.1, 0.15) is 22.7 Å². The van der Waals surface area contributed by atoms with Gasteiger partial charge in [-0.15, -0.1) is 0 Å². The van der Waals surface area contributed by atoms with Gasteiger partial charge in [-0.2, -0.15) is 0 Å². The fraction of sp³-hybridized carbons (Fsp3) is 0.0185. The Morgan fingerprint density at radius 3 is 1.79 bits per heavy atom. The highest BCUT2D eigenvalue weighted by atomic mass is 28.3. The van der Waals surface area contributed by atoms with Crippen LogP contribution in [0.2, 0.25) is 0 Å². The zero-order chi connectivity index (χ0) is 38.2. The summed E-state index contributed by atoms with van der Waals surface area (Å²) in [5, 5.41) is 9.66. The van der Waals surface area contributed by atoms with Crippen molar-refractivity contribution < 1.29 is 4.42 Å². The minimum absolute atomic E-state index is 0.0433. The van der Waals surface area contributed by atoms with Gasteiger partial charge in [-0.05, 0) is 86.3 Å². The van der Waals surface area contributed by atoms with Gasteiger partial charge in [0.15, 0.2) is 0 Å². The maximum atomic E-state index is 6.48. The highest BCUT2D eigenvalue weighted by Gasteiger charge is 2.44. The Labute approximate surface area is 337 Å². The number of rotatable bonds is 6. The van der Waals surface area contributed by atoms with E-state index in [0.717, 1.165) is 49.7 Å². The average Bonchev–Trinajstić information content (AvgIpc) is 3.95. The van der Waals surface area contributed by atoms with Crippen LogP contribution in [0.5, 0.6) is 0 Å². The molecule has 0 fully saturated rings. The van der Waals surface area contributed by atoms with E-state index in [9.17, 15) is 0 Å². The van der Waals surface area contributed by atoms with E-state index < -0.39 is 8.07 Å². The van der Waals surface area contributed by atoms with Crippen molar-refractivity contribution in [3.63, 3.8) is 0 Å². The zero-order valence-corrected chi connectivity index (χ0v) is 32.6. The molecule has 3 nitrogen and oxygen atoms in total. The molecule has 0 aliphatic heterocycles. The summed E-state index contributed by atoms with van der Waals surface area (Å²) < 4.78 is 8.94. The normalized spacial score (nSPS) is 12.8. The predicted octanol–water partition coefficient (Wildman–Crippen LogP) is 10.6. The first kappa shape index (κ1) is 32.9. The number of pyridine rings is 1. The third-order valence-corrected chi connectivity index (χ3v) is 17.0. The largest absolute Gasteiger partial charge is 0.456 e. The van der Waals surface area contributed by atoms with Crippen molar-refractivity contribution in [2.45, 2.75) is 5.92 Å². The van der Waals surface area contributed by atoms with Crippen molar-refractivity contribution in [3.05, 3.63) is 229 Å². The molecule has 0 atom stereocenters. The van der Waals surface area contributed by atoms with Gasteiger partial charge >= 0.3 is 0 Å². The first-order valence-electron chi connectivity index (χ1n) is 20.0. The molecule has 0 bridgehead atoms. The number of hydrogen-bond acceptors (Lipinski definition) is 2. The van der Waals surface area contributed by atoms with Crippen LogP contribution in [-0.4, -0.2) is 17.6 Å². The Morgan fingerprint density at radius 2 is 1.05 bits per heavy atom. The van der Waals surface area contributed by atoms with Gasteiger partial charge in [0.1, 0.15) is 11.2 Å². The van der Waals surface area contributed by atoms with Crippen LogP contribution < -0.4 is 20.9 Å². The van der Waals surface area contributed by atoms with Crippen LogP contribution in [-0.2, 0) is 0 Å². The molecule has 0 spiro atoms. The van der Waals surface area contributed by atoms with Gasteiger partial charge in [0.2, 0.25) is 8.07 Å². The number of para-hydroxylation sites is 2. The molecule has 58 heavy (non-hydrogen) atoms. The third-order valence-electron chi connectivity index (χ3n) is 12.4. The van der Waals surface area contributed by atoms with Crippen molar-refractivity contribution in [3.8, 4) is 16.8 Å². The fourth-order valence-corrected chi connectivity index (χ4v) is 14.7. The highest BCUT2D eigenvalue weighted by Crippen LogP contribution is 2.47. The van der Waals surface area contributed by atoms with E-state index in [4.69, 9.17) is 9.40 Å². The van der Waals surface area contributed by atoms with Crippen molar-refractivity contribution >= 4 is 72.7 Å². The molecule has 272 valence electrons. The molecule has 3 aromatic heterocycles. The van der Waals surface area contributed by atoms with Gasteiger partial charge in [-0.1, -0.05) is 164 Å². The molecule has 0 radical (unpaired) electrons. The number of aromatic nitrogens is 2. The number of furan rings is 1. The first-order chi connectivity index (χ1) is 28.8. The van der Waals surface area contributed by atoms with E-state index in [1.165, 1.54) is 48.6 Å². The second-order valence-corrected chi connectivity index (χ2v) is 19.1. The second kappa shape index (κ2) is 12.9. The summed E-state index contributed by atoms with van der Waals surface area (Å²) in [5.74, 6) is 0.0433. The maximum absolute atomic E-state index is 6.48. The molecular formula is C54H36N2OSi. The summed E-state index contributed by atoms with van der Waals surface area (Å²) in [5.41, 5.74) is 11.5. The Kier molecular flexibility index (Phi) is 7.31. The SMILES string of the molecule is c1ccc([Si](c2ccccc2)(c2cccc(-n3c4ccccc4c4ccc5oc6ccccc6c5c43)c2)c2cccc(C3c4ccccc4-c4ccccc43)n2)cc1. The minimum atomic E-state index is -3.07. The number of nitrogens with zero attached hydrogens (tertiary/aromatic N) is 2. The van der Waals surface area contributed by atoms with Crippen LogP contribution >= 0.6 is 0 Å². The van der Waals surface area contributed by atoms with Crippen LogP contribution in [0.15, 0.2) is 217 Å². The third kappa shape index (κ3) is 4.70. The highest BCUT2D eigenvalue weighted by molar-refractivity contribution is 7.19. The van der Waals surface area contributed by atoms with E-state index in [0.29, 0.717) is 0 Å². The average molecular weight is 757 g/mol. The van der Waals surface area contributed by atoms with E-state index in [1.807, 2.05) is 6.07 Å². The first-order valence-corrected chi connectivity index (χ1v) is 22.0.